The second-order valence-electron chi connectivity index (χ2n) is 30.9. The van der Waals surface area contributed by atoms with Crippen molar-refractivity contribution in [2.75, 3.05) is 4.90 Å². The maximum atomic E-state index is 10.4. The predicted molar refractivity (Wildman–Crippen MR) is 407 cm³/mol. The number of hydrogen-bond acceptors (Lipinski definition) is 5. The number of fused-ring (bicyclic) bond motifs is 13. The van der Waals surface area contributed by atoms with Crippen molar-refractivity contribution in [2.24, 2.45) is 0 Å². The second-order valence-corrected chi connectivity index (χ2v) is 32.0. The van der Waals surface area contributed by atoms with Gasteiger partial charge in [-0.3, -0.25) is 0 Å². The molecule has 2 aliphatic rings. The number of hydrogen-bond donors (Lipinski definition) is 0. The van der Waals surface area contributed by atoms with E-state index in [1.807, 2.05) is 30.0 Å². The highest BCUT2D eigenvalue weighted by atomic mass is 32.2. The van der Waals surface area contributed by atoms with Crippen LogP contribution < -0.4 is 21.3 Å². The van der Waals surface area contributed by atoms with Crippen LogP contribution in [-0.2, 0) is 21.7 Å². The fourth-order valence-corrected chi connectivity index (χ4v) is 16.3. The number of furan rings is 2. The lowest BCUT2D eigenvalue weighted by molar-refractivity contribution is 0.568. The molecule has 17 rings (SSSR count). The van der Waals surface area contributed by atoms with Crippen LogP contribution in [0.5, 0.6) is 0 Å². The minimum absolute atomic E-state index is 0.0654. The van der Waals surface area contributed by atoms with Gasteiger partial charge in [0, 0.05) is 70.3 Å². The Bertz CT molecular complexity index is 5640. The molecule has 12 aromatic carbocycles. The summed E-state index contributed by atoms with van der Waals surface area (Å²) in [4.78, 5) is 5.05. The molecule has 5 nitrogen and oxygen atoms in total. The number of rotatable bonds is 6. The van der Waals surface area contributed by atoms with E-state index in [1.165, 1.54) is 70.7 Å². The maximum Gasteiger partial charge on any atom is 0.249 e. The molecule has 5 heterocycles. The topological polar surface area (TPSA) is 58.2 Å². The zero-order valence-electron chi connectivity index (χ0n) is 56.6. The lowest BCUT2D eigenvalue weighted by Crippen LogP contribution is -2.60. The highest BCUT2D eigenvalue weighted by Gasteiger charge is 2.43. The zero-order chi connectivity index (χ0) is 66.1. The van der Waals surface area contributed by atoms with Crippen molar-refractivity contribution in [1.29, 1.82) is 5.26 Å². The van der Waals surface area contributed by atoms with Gasteiger partial charge in [0.15, 0.2) is 0 Å². The maximum absolute atomic E-state index is 10.4. The molecule has 3 aromatic heterocycles. The highest BCUT2D eigenvalue weighted by Crippen LogP contribution is 2.52. The number of nitrogens with zero attached hydrogens (tertiary/aromatic N) is 3. The minimum Gasteiger partial charge on any atom is -0.456 e. The molecular weight excluding hydrogens is 1190 g/mol. The minimum atomic E-state index is -0.196. The molecule has 0 saturated heterocycles. The molecule has 466 valence electrons. The van der Waals surface area contributed by atoms with Gasteiger partial charge in [-0.1, -0.05) is 246 Å². The van der Waals surface area contributed by atoms with E-state index < -0.39 is 0 Å². The molecule has 0 amide bonds. The molecule has 2 aliphatic heterocycles. The average Bonchev–Trinajstić information content (AvgIpc) is 1.59. The van der Waals surface area contributed by atoms with Gasteiger partial charge >= 0.3 is 0 Å². The number of para-hydroxylation sites is 4. The molecule has 7 heteroatoms. The Morgan fingerprint density at radius 1 is 0.365 bits per heavy atom. The molecule has 0 bridgehead atoms. The summed E-state index contributed by atoms with van der Waals surface area (Å²) < 4.78 is 16.0. The highest BCUT2D eigenvalue weighted by molar-refractivity contribution is 8.00. The summed E-state index contributed by atoms with van der Waals surface area (Å²) in [5.74, 6) is 0. The normalized spacial score (nSPS) is 13.3. The number of benzene rings is 12. The molecule has 0 atom stereocenters. The first-order valence-corrected chi connectivity index (χ1v) is 34.5. The fraction of sp³-hybridized carbons (Fsp3) is 0.180. The first kappa shape index (κ1) is 59.5. The third-order valence-electron chi connectivity index (χ3n) is 20.5. The van der Waals surface area contributed by atoms with Crippen molar-refractivity contribution >= 4 is 118 Å². The van der Waals surface area contributed by atoms with E-state index in [0.29, 0.717) is 5.56 Å². The van der Waals surface area contributed by atoms with Gasteiger partial charge < -0.3 is 18.3 Å². The Hall–Kier alpha value is -10.3. The molecule has 15 aromatic rings. The van der Waals surface area contributed by atoms with Crippen LogP contribution >= 0.6 is 11.8 Å². The molecule has 0 N–H and O–H groups in total. The van der Waals surface area contributed by atoms with Crippen LogP contribution in [-0.4, -0.2) is 11.3 Å². The van der Waals surface area contributed by atoms with Crippen molar-refractivity contribution in [3.8, 4) is 56.3 Å². The quantitative estimate of drug-likeness (QED) is 0.155. The van der Waals surface area contributed by atoms with E-state index in [4.69, 9.17) is 8.83 Å². The molecule has 96 heavy (non-hydrogen) atoms. The summed E-state index contributed by atoms with van der Waals surface area (Å²) in [6.07, 6.45) is 0. The number of anilines is 3. The lowest BCUT2D eigenvalue weighted by Gasteiger charge is -2.42. The van der Waals surface area contributed by atoms with Crippen LogP contribution in [0, 0.1) is 11.3 Å². The predicted octanol–water partition coefficient (Wildman–Crippen LogP) is 23.1. The fourth-order valence-electron chi connectivity index (χ4n) is 15.1. The van der Waals surface area contributed by atoms with E-state index in [0.717, 1.165) is 111 Å². The van der Waals surface area contributed by atoms with E-state index in [1.54, 1.807) is 0 Å². The summed E-state index contributed by atoms with van der Waals surface area (Å²) in [5.41, 5.74) is 28.1. The van der Waals surface area contributed by atoms with Gasteiger partial charge in [-0.15, -0.1) is 0 Å². The van der Waals surface area contributed by atoms with E-state index >= 15 is 0 Å². The van der Waals surface area contributed by atoms with Crippen molar-refractivity contribution < 1.29 is 8.83 Å². The van der Waals surface area contributed by atoms with E-state index in [2.05, 4.69) is 311 Å². The van der Waals surface area contributed by atoms with Gasteiger partial charge in [0.25, 0.3) is 0 Å². The smallest absolute Gasteiger partial charge is 0.249 e. The lowest BCUT2D eigenvalue weighted by atomic mass is 9.34. The second kappa shape index (κ2) is 21.4. The van der Waals surface area contributed by atoms with Crippen LogP contribution in [0.2, 0.25) is 0 Å². The molecule has 0 spiro atoms. The Balaban J connectivity index is 1.00. The molecular formula is C89H74BN3O2S. The van der Waals surface area contributed by atoms with Crippen molar-refractivity contribution in [3.63, 3.8) is 0 Å². The Morgan fingerprint density at radius 2 is 0.854 bits per heavy atom. The number of aromatic nitrogens is 1. The summed E-state index contributed by atoms with van der Waals surface area (Å²) in [6, 6.07) is 88.6. The third kappa shape index (κ3) is 9.65. The monoisotopic (exact) mass is 1260 g/mol. The molecule has 0 unspecified atom stereocenters. The third-order valence-corrected chi connectivity index (χ3v) is 21.6. The molecule has 0 fully saturated rings. The van der Waals surface area contributed by atoms with Crippen LogP contribution in [0.25, 0.3) is 116 Å². The Morgan fingerprint density at radius 3 is 1.41 bits per heavy atom. The SMILES string of the molecule is CC(C)(C)c1cc(-c2ccc3c(c2)B2c4cc(-c5cc(C(C)(C)C)cc(C(C)(C)C)c5)ccc4N(c4c(-c5ccc6c(c5)oc5ccccc56)cccc4-c4ccc5c(c4)oc4ccccc45)c4cc(-n5c6ccccc6c6cc(C#N)ccc65)cc(c42)S3)cc(C(C)(C)C)c1. The van der Waals surface area contributed by atoms with Gasteiger partial charge in [-0.05, 0) is 173 Å². The zero-order valence-corrected chi connectivity index (χ0v) is 57.4. The molecule has 0 radical (unpaired) electrons. The van der Waals surface area contributed by atoms with Crippen LogP contribution in [0.3, 0.4) is 0 Å². The summed E-state index contributed by atoms with van der Waals surface area (Å²) >= 11 is 1.88. The Kier molecular flexibility index (Phi) is 13.2. The van der Waals surface area contributed by atoms with Gasteiger partial charge in [-0.25, -0.2) is 0 Å². The number of nitriles is 1. The van der Waals surface area contributed by atoms with Crippen molar-refractivity contribution in [2.45, 2.75) is 115 Å². The van der Waals surface area contributed by atoms with E-state index in [9.17, 15) is 5.26 Å². The first-order chi connectivity index (χ1) is 46.0. The van der Waals surface area contributed by atoms with E-state index in [-0.39, 0.29) is 28.4 Å². The molecule has 0 saturated carbocycles. The first-order valence-electron chi connectivity index (χ1n) is 33.7. The van der Waals surface area contributed by atoms with Crippen molar-refractivity contribution in [1.82, 2.24) is 4.57 Å². The molecule has 0 aliphatic carbocycles. The summed E-state index contributed by atoms with van der Waals surface area (Å²) in [6.45, 7) is 27.8. The van der Waals surface area contributed by atoms with Gasteiger partial charge in [-0.2, -0.15) is 5.26 Å². The summed E-state index contributed by atoms with van der Waals surface area (Å²) in [7, 11) is 0. The average molecular weight is 1260 g/mol. The van der Waals surface area contributed by atoms with Crippen LogP contribution in [0.1, 0.15) is 111 Å². The summed E-state index contributed by atoms with van der Waals surface area (Å²) in [5, 5.41) is 16.9. The van der Waals surface area contributed by atoms with Crippen LogP contribution in [0.4, 0.5) is 17.1 Å². The van der Waals surface area contributed by atoms with Gasteiger partial charge in [0.2, 0.25) is 6.71 Å². The van der Waals surface area contributed by atoms with Crippen molar-refractivity contribution in [3.05, 3.63) is 258 Å². The standard InChI is InChI=1S/C89H74BN3O2S/c1-86(2,3)59-39-57(40-60(47-59)87(4,5)6)53-31-36-76-72(43-53)90-73-44-54(58-41-61(88(7,8)9)48-62(42-58)89(10,11)12)32-37-82(73)96-83-50-63(92-74-25-16-13-20-66(74)71-38-52(51-91)28-35-75(71)92)49-77(84(83)90)93(76)85-64(55-29-33-69-67-21-14-17-26-78(67)94-80(69)45-55)23-19-24-65(85)56-30-34-70-68-22-15-18-27-79(68)95-81(70)46-56/h13-50H,1-12H3. The van der Waals surface area contributed by atoms with Gasteiger partial charge in [0.1, 0.15) is 22.3 Å². The van der Waals surface area contributed by atoms with Crippen LogP contribution in [0.15, 0.2) is 249 Å². The van der Waals surface area contributed by atoms with Gasteiger partial charge in [0.05, 0.1) is 28.4 Å². The largest absolute Gasteiger partial charge is 0.456 e. The Labute approximate surface area is 566 Å².